The molecule has 2 unspecified atom stereocenters. The number of nitrogens with zero attached hydrogens (tertiary/aromatic N) is 1. The second kappa shape index (κ2) is 6.05. The molecule has 0 radical (unpaired) electrons. The van der Waals surface area contributed by atoms with Gasteiger partial charge in [-0.25, -0.2) is 0 Å². The molecule has 1 nitrogen and oxygen atoms in total. The highest BCUT2D eigenvalue weighted by molar-refractivity contribution is 9.10. The minimum Gasteiger partial charge on any atom is -0.261 e. The molecule has 0 bridgehead atoms. The lowest BCUT2D eigenvalue weighted by atomic mass is 9.97. The van der Waals surface area contributed by atoms with Crippen molar-refractivity contribution in [3.05, 3.63) is 63.3 Å². The summed E-state index contributed by atoms with van der Waals surface area (Å²) in [4.78, 5) is 4.34. The number of halogens is 3. The van der Waals surface area contributed by atoms with Gasteiger partial charge in [-0.05, 0) is 45.8 Å². The number of benzene rings is 1. The van der Waals surface area contributed by atoms with Crippen molar-refractivity contribution in [3.63, 3.8) is 0 Å². The zero-order chi connectivity index (χ0) is 13.1. The molecule has 1 aromatic heterocycles. The van der Waals surface area contributed by atoms with Gasteiger partial charge < -0.3 is 0 Å². The summed E-state index contributed by atoms with van der Waals surface area (Å²) in [6.07, 6.45) is 1.78. The molecular weight excluding hydrogens is 333 g/mol. The first-order chi connectivity index (χ1) is 8.59. The summed E-state index contributed by atoms with van der Waals surface area (Å²) in [6.45, 7) is 2.07. The maximum atomic E-state index is 6.50. The fourth-order valence-electron chi connectivity index (χ4n) is 1.77. The van der Waals surface area contributed by atoms with Gasteiger partial charge in [0.2, 0.25) is 0 Å². The second-order valence-corrected chi connectivity index (χ2v) is 5.85. The summed E-state index contributed by atoms with van der Waals surface area (Å²) in [5.41, 5.74) is 1.99. The molecule has 1 heterocycles. The Labute approximate surface area is 125 Å². The maximum absolute atomic E-state index is 6.50. The van der Waals surface area contributed by atoms with Crippen LogP contribution < -0.4 is 0 Å². The first-order valence-corrected chi connectivity index (χ1v) is 7.20. The van der Waals surface area contributed by atoms with E-state index in [9.17, 15) is 0 Å². The van der Waals surface area contributed by atoms with Crippen LogP contribution >= 0.6 is 39.1 Å². The van der Waals surface area contributed by atoms with E-state index in [4.69, 9.17) is 23.2 Å². The van der Waals surface area contributed by atoms with Gasteiger partial charge in [0.25, 0.3) is 0 Å². The summed E-state index contributed by atoms with van der Waals surface area (Å²) >= 11 is 16.0. The molecule has 1 aromatic carbocycles. The lowest BCUT2D eigenvalue weighted by molar-refractivity contribution is 0.706. The Hall–Kier alpha value is -0.570. The molecule has 2 atom stereocenters. The lowest BCUT2D eigenvalue weighted by Gasteiger charge is -2.18. The van der Waals surface area contributed by atoms with E-state index in [1.54, 1.807) is 6.20 Å². The molecule has 18 heavy (non-hydrogen) atoms. The van der Waals surface area contributed by atoms with Gasteiger partial charge in [-0.1, -0.05) is 30.7 Å². The molecule has 2 aromatic rings. The highest BCUT2D eigenvalue weighted by Crippen LogP contribution is 2.37. The quantitative estimate of drug-likeness (QED) is 0.662. The maximum Gasteiger partial charge on any atom is 0.0666 e. The summed E-state index contributed by atoms with van der Waals surface area (Å²) < 4.78 is 0.877. The highest BCUT2D eigenvalue weighted by atomic mass is 79.9. The third-order valence-corrected chi connectivity index (χ3v) is 4.72. The van der Waals surface area contributed by atoms with Crippen LogP contribution in [-0.4, -0.2) is 4.98 Å². The van der Waals surface area contributed by atoms with Gasteiger partial charge in [-0.15, -0.1) is 11.6 Å². The number of rotatable bonds is 3. The number of hydrogen-bond donors (Lipinski definition) is 0. The standard InChI is InChI=1S/C14H12BrCl2N/c1-9(13-4-2-3-7-18-13)14(17)10-5-6-11(15)12(16)8-10/h2-9,14H,1H3. The zero-order valence-corrected chi connectivity index (χ0v) is 12.9. The smallest absolute Gasteiger partial charge is 0.0666 e. The molecule has 0 fully saturated rings. The molecule has 4 heteroatoms. The van der Waals surface area contributed by atoms with Crippen molar-refractivity contribution in [2.24, 2.45) is 0 Å². The number of pyridine rings is 1. The molecule has 94 valence electrons. The Morgan fingerprint density at radius 2 is 2.00 bits per heavy atom. The van der Waals surface area contributed by atoms with Crippen LogP contribution in [-0.2, 0) is 0 Å². The number of aromatic nitrogens is 1. The first-order valence-electron chi connectivity index (χ1n) is 5.59. The Bertz CT molecular complexity index is 531. The van der Waals surface area contributed by atoms with Gasteiger partial charge >= 0.3 is 0 Å². The number of alkyl halides is 1. The summed E-state index contributed by atoms with van der Waals surface area (Å²) in [6, 6.07) is 11.6. The van der Waals surface area contributed by atoms with Crippen molar-refractivity contribution in [2.75, 3.05) is 0 Å². The summed E-state index contributed by atoms with van der Waals surface area (Å²) in [5, 5.41) is 0.525. The van der Waals surface area contributed by atoms with E-state index in [2.05, 4.69) is 27.8 Å². The van der Waals surface area contributed by atoms with E-state index in [1.807, 2.05) is 36.4 Å². The molecule has 0 spiro atoms. The van der Waals surface area contributed by atoms with Crippen LogP contribution in [0.5, 0.6) is 0 Å². The van der Waals surface area contributed by atoms with Crippen LogP contribution in [0.15, 0.2) is 47.1 Å². The van der Waals surface area contributed by atoms with Crippen LogP contribution in [0.2, 0.25) is 5.02 Å². The van der Waals surface area contributed by atoms with Crippen molar-refractivity contribution in [2.45, 2.75) is 18.2 Å². The Kier molecular flexibility index (Phi) is 4.66. The molecule has 2 rings (SSSR count). The summed E-state index contributed by atoms with van der Waals surface area (Å²) in [5.74, 6) is 0.130. The van der Waals surface area contributed by atoms with Crippen LogP contribution in [0.3, 0.4) is 0 Å². The van der Waals surface area contributed by atoms with E-state index in [1.165, 1.54) is 0 Å². The van der Waals surface area contributed by atoms with E-state index < -0.39 is 0 Å². The van der Waals surface area contributed by atoms with Crippen molar-refractivity contribution in [3.8, 4) is 0 Å². The van der Waals surface area contributed by atoms with Crippen LogP contribution in [0, 0.1) is 0 Å². The molecule has 0 aliphatic heterocycles. The van der Waals surface area contributed by atoms with Crippen molar-refractivity contribution >= 4 is 39.1 Å². The van der Waals surface area contributed by atoms with Gasteiger partial charge in [0.1, 0.15) is 0 Å². The first kappa shape index (κ1) is 13.9. The van der Waals surface area contributed by atoms with Gasteiger partial charge in [0.15, 0.2) is 0 Å². The molecule has 0 amide bonds. The SMILES string of the molecule is CC(c1ccccn1)C(Cl)c1ccc(Br)c(Cl)c1. The zero-order valence-electron chi connectivity index (χ0n) is 9.78. The van der Waals surface area contributed by atoms with Gasteiger partial charge in [-0.2, -0.15) is 0 Å². The van der Waals surface area contributed by atoms with E-state index in [0.717, 1.165) is 15.7 Å². The van der Waals surface area contributed by atoms with Crippen LogP contribution in [0.25, 0.3) is 0 Å². The van der Waals surface area contributed by atoms with Gasteiger partial charge in [0, 0.05) is 22.3 Å². The predicted molar refractivity (Wildman–Crippen MR) is 80.4 cm³/mol. The van der Waals surface area contributed by atoms with Crippen molar-refractivity contribution in [1.29, 1.82) is 0 Å². The van der Waals surface area contributed by atoms with Crippen molar-refractivity contribution < 1.29 is 0 Å². The topological polar surface area (TPSA) is 12.9 Å². The minimum atomic E-state index is -0.148. The Morgan fingerprint density at radius 1 is 1.22 bits per heavy atom. The fraction of sp³-hybridized carbons (Fsp3) is 0.214. The molecule has 0 saturated carbocycles. The molecule has 0 saturated heterocycles. The third kappa shape index (κ3) is 3.05. The Morgan fingerprint density at radius 3 is 2.61 bits per heavy atom. The normalized spacial score (nSPS) is 14.2. The third-order valence-electron chi connectivity index (χ3n) is 2.86. The molecule has 0 aliphatic carbocycles. The Balaban J connectivity index is 2.25. The summed E-state index contributed by atoms with van der Waals surface area (Å²) in [7, 11) is 0. The van der Waals surface area contributed by atoms with E-state index in [0.29, 0.717) is 5.02 Å². The average molecular weight is 345 g/mol. The molecular formula is C14H12BrCl2N. The largest absolute Gasteiger partial charge is 0.261 e. The highest BCUT2D eigenvalue weighted by Gasteiger charge is 2.19. The number of hydrogen-bond acceptors (Lipinski definition) is 1. The fourth-order valence-corrected chi connectivity index (χ4v) is 2.47. The minimum absolute atomic E-state index is 0.130. The average Bonchev–Trinajstić information content (AvgIpc) is 2.41. The molecule has 0 N–H and O–H groups in total. The monoisotopic (exact) mass is 343 g/mol. The molecule has 0 aliphatic rings. The van der Waals surface area contributed by atoms with Gasteiger partial charge in [-0.3, -0.25) is 4.98 Å². The van der Waals surface area contributed by atoms with E-state index >= 15 is 0 Å². The van der Waals surface area contributed by atoms with Gasteiger partial charge in [0.05, 0.1) is 10.4 Å². The van der Waals surface area contributed by atoms with Crippen LogP contribution in [0.4, 0.5) is 0 Å². The second-order valence-electron chi connectivity index (χ2n) is 4.12. The van der Waals surface area contributed by atoms with Crippen molar-refractivity contribution in [1.82, 2.24) is 4.98 Å². The lowest BCUT2D eigenvalue weighted by Crippen LogP contribution is -2.04. The van der Waals surface area contributed by atoms with E-state index in [-0.39, 0.29) is 11.3 Å². The predicted octanol–water partition coefficient (Wildman–Crippen LogP) is 5.58. The van der Waals surface area contributed by atoms with Crippen LogP contribution in [0.1, 0.15) is 29.5 Å².